The first-order chi connectivity index (χ1) is 5.82. The van der Waals surface area contributed by atoms with Crippen LogP contribution in [-0.4, -0.2) is 31.2 Å². The highest BCUT2D eigenvalue weighted by atomic mass is 16.1. The van der Waals surface area contributed by atoms with Gasteiger partial charge in [-0.2, -0.15) is 0 Å². The lowest BCUT2D eigenvalue weighted by Crippen LogP contribution is -2.13. The van der Waals surface area contributed by atoms with Crippen molar-refractivity contribution in [3.05, 3.63) is 0 Å². The molecule has 0 aromatic carbocycles. The van der Waals surface area contributed by atoms with Gasteiger partial charge in [0.25, 0.3) is 0 Å². The molecular formula is C10H21NO2. The Kier molecular flexibility index (Phi) is 8.76. The molecule has 0 saturated heterocycles. The van der Waals surface area contributed by atoms with Gasteiger partial charge >= 0.3 is 0 Å². The van der Waals surface area contributed by atoms with Gasteiger partial charge in [0.05, 0.1) is 0 Å². The van der Waals surface area contributed by atoms with Crippen LogP contribution in [0.2, 0.25) is 0 Å². The van der Waals surface area contributed by atoms with Gasteiger partial charge in [0, 0.05) is 25.9 Å². The molecule has 3 nitrogen and oxygen atoms in total. The minimum Gasteiger partial charge on any atom is -0.351 e. The summed E-state index contributed by atoms with van der Waals surface area (Å²) >= 11 is 0. The molecule has 0 spiro atoms. The summed E-state index contributed by atoms with van der Waals surface area (Å²) in [6.45, 7) is 7.73. The molecule has 0 unspecified atom stereocenters. The molecule has 0 fully saturated rings. The van der Waals surface area contributed by atoms with Crippen molar-refractivity contribution in [3.63, 3.8) is 0 Å². The standard InChI is InChI=1S/C7H14O.C3H7NO/c1-5(2)7(8)6(3)4;1-4(2)3-5/h5-6H,1-4H3;3H,1-2H3. The molecule has 0 saturated carbocycles. The molecule has 78 valence electrons. The van der Waals surface area contributed by atoms with Crippen LogP contribution >= 0.6 is 0 Å². The second-order valence-electron chi connectivity index (χ2n) is 3.78. The molecule has 0 aliphatic rings. The molecule has 0 aliphatic heterocycles. The van der Waals surface area contributed by atoms with E-state index in [1.54, 1.807) is 14.1 Å². The molecule has 0 aromatic heterocycles. The van der Waals surface area contributed by atoms with E-state index in [4.69, 9.17) is 0 Å². The number of Topliss-reactive ketones (excluding diaryl/α,β-unsaturated/α-hetero) is 1. The van der Waals surface area contributed by atoms with Gasteiger partial charge in [-0.05, 0) is 0 Å². The van der Waals surface area contributed by atoms with Crippen molar-refractivity contribution in [2.45, 2.75) is 27.7 Å². The van der Waals surface area contributed by atoms with Crippen LogP contribution in [0.25, 0.3) is 0 Å². The predicted molar refractivity (Wildman–Crippen MR) is 54.4 cm³/mol. The number of hydrogen-bond acceptors (Lipinski definition) is 2. The van der Waals surface area contributed by atoms with E-state index < -0.39 is 0 Å². The molecule has 13 heavy (non-hydrogen) atoms. The van der Waals surface area contributed by atoms with Crippen molar-refractivity contribution >= 4 is 12.2 Å². The smallest absolute Gasteiger partial charge is 0.209 e. The fraction of sp³-hybridized carbons (Fsp3) is 0.800. The Morgan fingerprint density at radius 1 is 1.08 bits per heavy atom. The fourth-order valence-electron chi connectivity index (χ4n) is 0.667. The zero-order valence-corrected chi connectivity index (χ0v) is 9.50. The molecule has 3 heteroatoms. The SMILES string of the molecule is CC(C)C(=O)C(C)C.CN(C)C=O. The lowest BCUT2D eigenvalue weighted by atomic mass is 9.99. The van der Waals surface area contributed by atoms with E-state index in [1.165, 1.54) is 4.90 Å². The van der Waals surface area contributed by atoms with Crippen molar-refractivity contribution in [1.29, 1.82) is 0 Å². The third kappa shape index (κ3) is 11.1. The summed E-state index contributed by atoms with van der Waals surface area (Å²) in [7, 11) is 3.38. The molecule has 0 N–H and O–H groups in total. The lowest BCUT2D eigenvalue weighted by molar-refractivity contribution is -0.124. The summed E-state index contributed by atoms with van der Waals surface area (Å²) in [5, 5.41) is 0. The van der Waals surface area contributed by atoms with Crippen LogP contribution in [-0.2, 0) is 9.59 Å². The number of nitrogens with zero attached hydrogens (tertiary/aromatic N) is 1. The molecule has 0 atom stereocenters. The van der Waals surface area contributed by atoms with Crippen LogP contribution < -0.4 is 0 Å². The highest BCUT2D eigenvalue weighted by Crippen LogP contribution is 2.03. The zero-order chi connectivity index (χ0) is 11.0. The number of amides is 1. The van der Waals surface area contributed by atoms with Crippen LogP contribution in [0.3, 0.4) is 0 Å². The second-order valence-corrected chi connectivity index (χ2v) is 3.78. The highest BCUT2D eigenvalue weighted by molar-refractivity contribution is 5.81. The lowest BCUT2D eigenvalue weighted by Gasteiger charge is -2.05. The molecule has 0 aliphatic carbocycles. The van der Waals surface area contributed by atoms with E-state index in [-0.39, 0.29) is 11.8 Å². The molecule has 0 heterocycles. The number of carbonyl (C=O) groups is 2. The molecule has 0 rings (SSSR count). The van der Waals surface area contributed by atoms with E-state index in [2.05, 4.69) is 0 Å². The third-order valence-electron chi connectivity index (χ3n) is 1.35. The maximum Gasteiger partial charge on any atom is 0.209 e. The Hall–Kier alpha value is -0.860. The van der Waals surface area contributed by atoms with Gasteiger partial charge < -0.3 is 4.90 Å². The summed E-state index contributed by atoms with van der Waals surface area (Å²) in [4.78, 5) is 21.7. The van der Waals surface area contributed by atoms with Crippen LogP contribution in [0.15, 0.2) is 0 Å². The first kappa shape index (κ1) is 14.7. The number of ketones is 1. The zero-order valence-electron chi connectivity index (χ0n) is 9.50. The van der Waals surface area contributed by atoms with Crippen molar-refractivity contribution in [3.8, 4) is 0 Å². The Morgan fingerprint density at radius 2 is 1.31 bits per heavy atom. The van der Waals surface area contributed by atoms with Crippen LogP contribution in [0.5, 0.6) is 0 Å². The molecule has 0 radical (unpaired) electrons. The van der Waals surface area contributed by atoms with Crippen LogP contribution in [0.1, 0.15) is 27.7 Å². The largest absolute Gasteiger partial charge is 0.351 e. The Labute approximate surface area is 81.1 Å². The maximum atomic E-state index is 10.8. The summed E-state index contributed by atoms with van der Waals surface area (Å²) < 4.78 is 0. The van der Waals surface area contributed by atoms with Gasteiger partial charge in [-0.1, -0.05) is 27.7 Å². The van der Waals surface area contributed by atoms with Crippen molar-refractivity contribution in [2.24, 2.45) is 11.8 Å². The van der Waals surface area contributed by atoms with Gasteiger partial charge in [-0.3, -0.25) is 9.59 Å². The minimum absolute atomic E-state index is 0.204. The monoisotopic (exact) mass is 187 g/mol. The van der Waals surface area contributed by atoms with Gasteiger partial charge in [-0.25, -0.2) is 0 Å². The Balaban J connectivity index is 0. The van der Waals surface area contributed by atoms with E-state index in [9.17, 15) is 9.59 Å². The molecule has 1 amide bonds. The number of hydrogen-bond donors (Lipinski definition) is 0. The third-order valence-corrected chi connectivity index (χ3v) is 1.35. The highest BCUT2D eigenvalue weighted by Gasteiger charge is 2.09. The van der Waals surface area contributed by atoms with Crippen molar-refractivity contribution < 1.29 is 9.59 Å². The maximum absolute atomic E-state index is 10.8. The topological polar surface area (TPSA) is 37.4 Å². The number of rotatable bonds is 3. The first-order valence-corrected chi connectivity index (χ1v) is 4.48. The van der Waals surface area contributed by atoms with Gasteiger partial charge in [0.2, 0.25) is 6.41 Å². The van der Waals surface area contributed by atoms with E-state index in [0.29, 0.717) is 5.78 Å². The minimum atomic E-state index is 0.204. The van der Waals surface area contributed by atoms with Crippen LogP contribution in [0.4, 0.5) is 0 Å². The summed E-state index contributed by atoms with van der Waals surface area (Å²) in [6.07, 6.45) is 0.750. The average Bonchev–Trinajstić information content (AvgIpc) is 2.03. The average molecular weight is 187 g/mol. The summed E-state index contributed by atoms with van der Waals surface area (Å²) in [5.41, 5.74) is 0. The summed E-state index contributed by atoms with van der Waals surface area (Å²) in [5.74, 6) is 0.759. The Morgan fingerprint density at radius 3 is 1.31 bits per heavy atom. The fourth-order valence-corrected chi connectivity index (χ4v) is 0.667. The van der Waals surface area contributed by atoms with E-state index in [0.717, 1.165) is 6.41 Å². The normalized spacial score (nSPS) is 9.23. The molecule has 0 bridgehead atoms. The second kappa shape index (κ2) is 7.77. The predicted octanol–water partition coefficient (Wildman–Crippen LogP) is 1.57. The molecular weight excluding hydrogens is 166 g/mol. The van der Waals surface area contributed by atoms with E-state index in [1.807, 2.05) is 27.7 Å². The summed E-state index contributed by atoms with van der Waals surface area (Å²) in [6, 6.07) is 0. The van der Waals surface area contributed by atoms with E-state index >= 15 is 0 Å². The van der Waals surface area contributed by atoms with Gasteiger partial charge in [0.1, 0.15) is 5.78 Å². The van der Waals surface area contributed by atoms with Gasteiger partial charge in [-0.15, -0.1) is 0 Å². The number of carbonyl (C=O) groups excluding carboxylic acids is 2. The quantitative estimate of drug-likeness (QED) is 0.629. The molecule has 0 aromatic rings. The van der Waals surface area contributed by atoms with Gasteiger partial charge in [0.15, 0.2) is 0 Å². The van der Waals surface area contributed by atoms with Crippen LogP contribution in [0, 0.1) is 11.8 Å². The Bertz CT molecular complexity index is 141. The van der Waals surface area contributed by atoms with Crippen molar-refractivity contribution in [2.75, 3.05) is 14.1 Å². The van der Waals surface area contributed by atoms with Crippen molar-refractivity contribution in [1.82, 2.24) is 4.90 Å². The first-order valence-electron chi connectivity index (χ1n) is 4.48.